The van der Waals surface area contributed by atoms with Gasteiger partial charge in [0.2, 0.25) is 5.91 Å². The molecule has 5 heteroatoms. The minimum atomic E-state index is -1.18. The quantitative estimate of drug-likeness (QED) is 0.710. The van der Waals surface area contributed by atoms with Crippen molar-refractivity contribution >= 4 is 11.9 Å². The van der Waals surface area contributed by atoms with Crippen molar-refractivity contribution in [1.82, 2.24) is 5.32 Å². The van der Waals surface area contributed by atoms with Gasteiger partial charge in [-0.1, -0.05) is 56.3 Å². The fourth-order valence-electron chi connectivity index (χ4n) is 2.60. The number of amides is 1. The van der Waals surface area contributed by atoms with Crippen molar-refractivity contribution in [3.05, 3.63) is 65.7 Å². The number of nitrogens with one attached hydrogen (secondary N) is 1. The number of carboxylic acids is 1. The second-order valence-corrected chi connectivity index (χ2v) is 7.31. The minimum absolute atomic E-state index is 0.0285. The van der Waals surface area contributed by atoms with E-state index in [2.05, 4.69) is 19.2 Å². The Morgan fingerprint density at radius 2 is 1.70 bits per heavy atom. The lowest BCUT2D eigenvalue weighted by Crippen LogP contribution is -2.44. The average Bonchev–Trinajstić information content (AvgIpc) is 2.66. The largest absolute Gasteiger partial charge is 0.493 e. The van der Waals surface area contributed by atoms with E-state index >= 15 is 0 Å². The van der Waals surface area contributed by atoms with Crippen LogP contribution >= 0.6 is 0 Å². The highest BCUT2D eigenvalue weighted by molar-refractivity contribution is 5.84. The maximum atomic E-state index is 12.3. The number of aliphatic carboxylic acids is 1. The Bertz CT molecular complexity index is 756. The predicted octanol–water partition coefficient (Wildman–Crippen LogP) is 3.42. The molecular weight excluding hydrogens is 342 g/mol. The number of carbonyl (C=O) groups excluding carboxylic acids is 1. The van der Waals surface area contributed by atoms with Gasteiger partial charge in [-0.2, -0.15) is 0 Å². The van der Waals surface area contributed by atoms with E-state index in [-0.39, 0.29) is 18.9 Å². The Kier molecular flexibility index (Phi) is 6.99. The molecule has 5 nitrogen and oxygen atoms in total. The van der Waals surface area contributed by atoms with Crippen LogP contribution in [0.25, 0.3) is 0 Å². The molecule has 2 aromatic rings. The van der Waals surface area contributed by atoms with Gasteiger partial charge in [0, 0.05) is 6.54 Å². The van der Waals surface area contributed by atoms with E-state index < -0.39 is 11.4 Å². The third-order valence-corrected chi connectivity index (χ3v) is 4.39. The molecule has 1 unspecified atom stereocenters. The fourth-order valence-corrected chi connectivity index (χ4v) is 2.60. The number of benzene rings is 2. The maximum Gasteiger partial charge on any atom is 0.315 e. The Hall–Kier alpha value is -2.82. The second-order valence-electron chi connectivity index (χ2n) is 7.31. The Morgan fingerprint density at radius 3 is 2.26 bits per heavy atom. The Balaban J connectivity index is 1.94. The SMILES string of the molecule is CC(C)COc1ccc(CC(=O)NCC(C)(C(=O)O)c2ccccc2)cc1. The van der Waals surface area contributed by atoms with Crippen molar-refractivity contribution in [3.8, 4) is 5.75 Å². The first-order chi connectivity index (χ1) is 12.8. The van der Waals surface area contributed by atoms with Crippen molar-refractivity contribution in [3.63, 3.8) is 0 Å². The minimum Gasteiger partial charge on any atom is -0.493 e. The molecule has 0 heterocycles. The van der Waals surface area contributed by atoms with E-state index in [9.17, 15) is 14.7 Å². The number of hydrogen-bond donors (Lipinski definition) is 2. The standard InChI is InChI=1S/C22H27NO4/c1-16(2)14-27-19-11-9-17(10-12-19)13-20(24)23-15-22(3,21(25)26)18-7-5-4-6-8-18/h4-12,16H,13-15H2,1-3H3,(H,23,24)(H,25,26). The first-order valence-electron chi connectivity index (χ1n) is 9.08. The number of carbonyl (C=O) groups is 2. The zero-order chi connectivity index (χ0) is 19.9. The summed E-state index contributed by atoms with van der Waals surface area (Å²) in [6, 6.07) is 16.3. The Morgan fingerprint density at radius 1 is 1.07 bits per heavy atom. The number of hydrogen-bond acceptors (Lipinski definition) is 3. The van der Waals surface area contributed by atoms with Gasteiger partial charge in [0.05, 0.1) is 13.0 Å². The summed E-state index contributed by atoms with van der Waals surface area (Å²) in [6.07, 6.45) is 0.189. The summed E-state index contributed by atoms with van der Waals surface area (Å²) in [4.78, 5) is 24.1. The van der Waals surface area contributed by atoms with Gasteiger partial charge in [-0.3, -0.25) is 9.59 Å². The van der Waals surface area contributed by atoms with Gasteiger partial charge in [0.1, 0.15) is 11.2 Å². The van der Waals surface area contributed by atoms with Crippen LogP contribution in [0, 0.1) is 5.92 Å². The van der Waals surface area contributed by atoms with Crippen LogP contribution in [0.3, 0.4) is 0 Å². The molecule has 0 aliphatic rings. The molecule has 0 saturated carbocycles. The van der Waals surface area contributed by atoms with Crippen LogP contribution in [-0.2, 0) is 21.4 Å². The fraction of sp³-hybridized carbons (Fsp3) is 0.364. The molecule has 2 N–H and O–H groups in total. The summed E-state index contributed by atoms with van der Waals surface area (Å²) in [5.74, 6) is 0.0360. The normalized spacial score (nSPS) is 13.0. The highest BCUT2D eigenvalue weighted by atomic mass is 16.5. The van der Waals surface area contributed by atoms with Gasteiger partial charge in [0.25, 0.3) is 0 Å². The van der Waals surface area contributed by atoms with Gasteiger partial charge in [0.15, 0.2) is 0 Å². The molecule has 0 aliphatic heterocycles. The predicted molar refractivity (Wildman–Crippen MR) is 105 cm³/mol. The van der Waals surface area contributed by atoms with Gasteiger partial charge in [-0.25, -0.2) is 0 Å². The lowest BCUT2D eigenvalue weighted by atomic mass is 9.82. The first-order valence-corrected chi connectivity index (χ1v) is 9.08. The first kappa shape index (κ1) is 20.5. The summed E-state index contributed by atoms with van der Waals surface area (Å²) in [5.41, 5.74) is 0.330. The molecule has 2 rings (SSSR count). The van der Waals surface area contributed by atoms with Gasteiger partial charge in [-0.05, 0) is 36.1 Å². The summed E-state index contributed by atoms with van der Waals surface area (Å²) in [5, 5.41) is 12.4. The van der Waals surface area contributed by atoms with Crippen LogP contribution in [0.1, 0.15) is 31.9 Å². The number of rotatable bonds is 9. The molecule has 0 saturated heterocycles. The number of ether oxygens (including phenoxy) is 1. The Labute approximate surface area is 160 Å². The summed E-state index contributed by atoms with van der Waals surface area (Å²) < 4.78 is 5.63. The van der Waals surface area contributed by atoms with Crippen molar-refractivity contribution < 1.29 is 19.4 Å². The summed E-state index contributed by atoms with van der Waals surface area (Å²) >= 11 is 0. The van der Waals surface area contributed by atoms with Crippen molar-refractivity contribution in [2.24, 2.45) is 5.92 Å². The average molecular weight is 369 g/mol. The highest BCUT2D eigenvalue weighted by Crippen LogP contribution is 2.23. The van der Waals surface area contributed by atoms with Gasteiger partial charge >= 0.3 is 5.97 Å². The summed E-state index contributed by atoms with van der Waals surface area (Å²) in [6.45, 7) is 6.46. The molecule has 0 bridgehead atoms. The molecule has 0 aromatic heterocycles. The van der Waals surface area contributed by atoms with E-state index in [1.807, 2.05) is 30.3 Å². The topological polar surface area (TPSA) is 75.6 Å². The molecule has 27 heavy (non-hydrogen) atoms. The lowest BCUT2D eigenvalue weighted by Gasteiger charge is -2.25. The molecule has 0 fully saturated rings. The molecule has 1 atom stereocenters. The van der Waals surface area contributed by atoms with E-state index in [1.165, 1.54) is 0 Å². The van der Waals surface area contributed by atoms with Crippen LogP contribution in [-0.4, -0.2) is 30.1 Å². The second kappa shape index (κ2) is 9.21. The molecule has 2 aromatic carbocycles. The van der Waals surface area contributed by atoms with Crippen molar-refractivity contribution in [2.45, 2.75) is 32.6 Å². The molecular formula is C22H27NO4. The molecule has 0 aliphatic carbocycles. The molecule has 0 spiro atoms. The van der Waals surface area contributed by atoms with E-state index in [0.29, 0.717) is 18.1 Å². The zero-order valence-corrected chi connectivity index (χ0v) is 16.1. The third-order valence-electron chi connectivity index (χ3n) is 4.39. The maximum absolute atomic E-state index is 12.3. The van der Waals surface area contributed by atoms with Gasteiger partial charge in [-0.15, -0.1) is 0 Å². The van der Waals surface area contributed by atoms with Crippen LogP contribution < -0.4 is 10.1 Å². The summed E-state index contributed by atoms with van der Waals surface area (Å²) in [7, 11) is 0. The molecule has 144 valence electrons. The zero-order valence-electron chi connectivity index (χ0n) is 16.1. The smallest absolute Gasteiger partial charge is 0.315 e. The molecule has 1 amide bonds. The monoisotopic (exact) mass is 369 g/mol. The van der Waals surface area contributed by atoms with E-state index in [4.69, 9.17) is 4.74 Å². The van der Waals surface area contributed by atoms with Crippen LogP contribution in [0.5, 0.6) is 5.75 Å². The molecule has 0 radical (unpaired) electrons. The van der Waals surface area contributed by atoms with Gasteiger partial charge < -0.3 is 15.2 Å². The van der Waals surface area contributed by atoms with E-state index in [0.717, 1.165) is 11.3 Å². The lowest BCUT2D eigenvalue weighted by molar-refractivity contribution is -0.143. The van der Waals surface area contributed by atoms with E-state index in [1.54, 1.807) is 31.2 Å². The van der Waals surface area contributed by atoms with Crippen molar-refractivity contribution in [1.29, 1.82) is 0 Å². The highest BCUT2D eigenvalue weighted by Gasteiger charge is 2.35. The van der Waals surface area contributed by atoms with Crippen LogP contribution in [0.15, 0.2) is 54.6 Å². The third kappa shape index (κ3) is 5.84. The van der Waals surface area contributed by atoms with Crippen molar-refractivity contribution in [2.75, 3.05) is 13.2 Å². The van der Waals surface area contributed by atoms with Crippen LogP contribution in [0.2, 0.25) is 0 Å². The van der Waals surface area contributed by atoms with Crippen LogP contribution in [0.4, 0.5) is 0 Å². The number of carboxylic acid groups (broad SMARTS) is 1.